The first-order valence-corrected chi connectivity index (χ1v) is 7.92. The van der Waals surface area contributed by atoms with E-state index in [1.807, 2.05) is 18.4 Å². The molecular weight excluding hydrogens is 282 g/mol. The molecule has 110 valence electrons. The van der Waals surface area contributed by atoms with Crippen molar-refractivity contribution in [2.75, 3.05) is 13.3 Å². The van der Waals surface area contributed by atoms with Crippen molar-refractivity contribution in [2.45, 2.75) is 18.0 Å². The zero-order valence-corrected chi connectivity index (χ0v) is 13.1. The summed E-state index contributed by atoms with van der Waals surface area (Å²) in [5.41, 5.74) is 2.11. The molecule has 5 heteroatoms. The van der Waals surface area contributed by atoms with Gasteiger partial charge in [-0.1, -0.05) is 18.2 Å². The van der Waals surface area contributed by atoms with Crippen LogP contribution in [0.4, 0.5) is 4.79 Å². The monoisotopic (exact) mass is 301 g/mol. The summed E-state index contributed by atoms with van der Waals surface area (Å²) >= 11 is 1.71. The number of hydrogen-bond donors (Lipinski definition) is 1. The predicted octanol–water partition coefficient (Wildman–Crippen LogP) is 3.15. The lowest BCUT2D eigenvalue weighted by Crippen LogP contribution is -2.36. The summed E-state index contributed by atoms with van der Waals surface area (Å²) in [6.07, 6.45) is 5.52. The van der Waals surface area contributed by atoms with Crippen LogP contribution in [0.2, 0.25) is 0 Å². The van der Waals surface area contributed by atoms with Crippen LogP contribution in [-0.2, 0) is 13.1 Å². The minimum Gasteiger partial charge on any atom is -0.334 e. The van der Waals surface area contributed by atoms with Crippen LogP contribution in [0.15, 0.2) is 53.7 Å². The third kappa shape index (κ3) is 4.79. The van der Waals surface area contributed by atoms with Crippen molar-refractivity contribution in [1.29, 1.82) is 0 Å². The fourth-order valence-corrected chi connectivity index (χ4v) is 2.30. The highest BCUT2D eigenvalue weighted by Crippen LogP contribution is 2.15. The molecule has 0 aliphatic carbocycles. The van der Waals surface area contributed by atoms with Crippen LogP contribution in [0.1, 0.15) is 11.1 Å². The van der Waals surface area contributed by atoms with E-state index in [1.165, 1.54) is 4.90 Å². The molecule has 0 fully saturated rings. The number of urea groups is 1. The number of carbonyl (C=O) groups is 1. The van der Waals surface area contributed by atoms with Gasteiger partial charge in [0.1, 0.15) is 0 Å². The second-order valence-electron chi connectivity index (χ2n) is 4.72. The van der Waals surface area contributed by atoms with E-state index in [0.717, 1.165) is 11.1 Å². The van der Waals surface area contributed by atoms with Crippen molar-refractivity contribution in [3.05, 3.63) is 59.9 Å². The van der Waals surface area contributed by atoms with Gasteiger partial charge in [0.25, 0.3) is 0 Å². The maximum Gasteiger partial charge on any atom is 0.317 e. The van der Waals surface area contributed by atoms with E-state index >= 15 is 0 Å². The molecule has 0 unspecified atom stereocenters. The molecule has 2 rings (SSSR count). The average molecular weight is 301 g/mol. The molecule has 0 saturated carbocycles. The Bertz CT molecular complexity index is 572. The van der Waals surface area contributed by atoms with Crippen molar-refractivity contribution in [3.8, 4) is 0 Å². The molecule has 2 amide bonds. The van der Waals surface area contributed by atoms with Gasteiger partial charge in [-0.05, 0) is 35.6 Å². The minimum absolute atomic E-state index is 0.0900. The molecule has 1 N–H and O–H groups in total. The lowest BCUT2D eigenvalue weighted by molar-refractivity contribution is 0.206. The Hall–Kier alpha value is -2.01. The van der Waals surface area contributed by atoms with E-state index in [2.05, 4.69) is 34.6 Å². The number of pyridine rings is 1. The number of aromatic nitrogens is 1. The highest BCUT2D eigenvalue weighted by Gasteiger charge is 2.08. The zero-order valence-electron chi connectivity index (χ0n) is 12.2. The van der Waals surface area contributed by atoms with Gasteiger partial charge in [0, 0.05) is 37.4 Å². The molecule has 2 aromatic rings. The van der Waals surface area contributed by atoms with Crippen LogP contribution in [0, 0.1) is 0 Å². The third-order valence-corrected chi connectivity index (χ3v) is 3.84. The molecule has 0 bridgehead atoms. The van der Waals surface area contributed by atoms with Gasteiger partial charge in [0.05, 0.1) is 0 Å². The van der Waals surface area contributed by atoms with E-state index in [1.54, 1.807) is 36.1 Å². The fraction of sp³-hybridized carbons (Fsp3) is 0.250. The maximum absolute atomic E-state index is 12.0. The van der Waals surface area contributed by atoms with Crippen molar-refractivity contribution in [3.63, 3.8) is 0 Å². The summed E-state index contributed by atoms with van der Waals surface area (Å²) in [6, 6.07) is 12.0. The van der Waals surface area contributed by atoms with Crippen LogP contribution >= 0.6 is 11.8 Å². The van der Waals surface area contributed by atoms with Gasteiger partial charge in [-0.15, -0.1) is 11.8 Å². The second kappa shape index (κ2) is 7.69. The Balaban J connectivity index is 1.84. The molecule has 21 heavy (non-hydrogen) atoms. The van der Waals surface area contributed by atoms with Gasteiger partial charge in [-0.2, -0.15) is 0 Å². The number of amides is 2. The van der Waals surface area contributed by atoms with Gasteiger partial charge in [-0.25, -0.2) is 4.79 Å². The van der Waals surface area contributed by atoms with E-state index in [4.69, 9.17) is 0 Å². The average Bonchev–Trinajstić information content (AvgIpc) is 2.54. The summed E-state index contributed by atoms with van der Waals surface area (Å²) in [6.45, 7) is 1.08. The normalized spacial score (nSPS) is 10.2. The standard InChI is InChI=1S/C16H19N3OS/c1-19(12-13-5-7-15(21-2)8-6-13)16(20)18-11-14-4-3-9-17-10-14/h3-10H,11-12H2,1-2H3,(H,18,20). The first-order chi connectivity index (χ1) is 10.2. The number of carbonyl (C=O) groups excluding carboxylic acids is 1. The number of nitrogens with zero attached hydrogens (tertiary/aromatic N) is 2. The molecule has 1 aromatic carbocycles. The van der Waals surface area contributed by atoms with Crippen molar-refractivity contribution in [1.82, 2.24) is 15.2 Å². The minimum atomic E-state index is -0.0900. The topological polar surface area (TPSA) is 45.2 Å². The second-order valence-corrected chi connectivity index (χ2v) is 5.60. The number of benzene rings is 1. The van der Waals surface area contributed by atoms with Gasteiger partial charge in [0.2, 0.25) is 0 Å². The van der Waals surface area contributed by atoms with E-state index in [-0.39, 0.29) is 6.03 Å². The molecule has 0 aliphatic heterocycles. The van der Waals surface area contributed by atoms with Crippen LogP contribution in [0.3, 0.4) is 0 Å². The van der Waals surface area contributed by atoms with Crippen molar-refractivity contribution < 1.29 is 4.79 Å². The predicted molar refractivity (Wildman–Crippen MR) is 86.2 cm³/mol. The largest absolute Gasteiger partial charge is 0.334 e. The van der Waals surface area contributed by atoms with Gasteiger partial charge in [-0.3, -0.25) is 4.98 Å². The van der Waals surface area contributed by atoms with Crippen LogP contribution in [0.5, 0.6) is 0 Å². The SMILES string of the molecule is CSc1ccc(CN(C)C(=O)NCc2cccnc2)cc1. The summed E-state index contributed by atoms with van der Waals surface area (Å²) in [5, 5.41) is 2.88. The van der Waals surface area contributed by atoms with Crippen LogP contribution < -0.4 is 5.32 Å². The fourth-order valence-electron chi connectivity index (χ4n) is 1.89. The first kappa shape index (κ1) is 15.4. The van der Waals surface area contributed by atoms with E-state index < -0.39 is 0 Å². The summed E-state index contributed by atoms with van der Waals surface area (Å²) in [5.74, 6) is 0. The molecule has 0 saturated heterocycles. The van der Waals surface area contributed by atoms with Gasteiger partial charge >= 0.3 is 6.03 Å². The highest BCUT2D eigenvalue weighted by atomic mass is 32.2. The quantitative estimate of drug-likeness (QED) is 0.863. The molecule has 0 radical (unpaired) electrons. The van der Waals surface area contributed by atoms with E-state index in [9.17, 15) is 4.79 Å². The zero-order chi connectivity index (χ0) is 15.1. The lowest BCUT2D eigenvalue weighted by atomic mass is 10.2. The van der Waals surface area contributed by atoms with Crippen molar-refractivity contribution in [2.24, 2.45) is 0 Å². The highest BCUT2D eigenvalue weighted by molar-refractivity contribution is 7.98. The Morgan fingerprint density at radius 1 is 1.24 bits per heavy atom. The number of rotatable bonds is 5. The number of nitrogens with one attached hydrogen (secondary N) is 1. The molecule has 0 spiro atoms. The molecule has 0 aliphatic rings. The van der Waals surface area contributed by atoms with Crippen molar-refractivity contribution >= 4 is 17.8 Å². The van der Waals surface area contributed by atoms with E-state index in [0.29, 0.717) is 13.1 Å². The smallest absolute Gasteiger partial charge is 0.317 e. The lowest BCUT2D eigenvalue weighted by Gasteiger charge is -2.18. The summed E-state index contributed by atoms with van der Waals surface area (Å²) < 4.78 is 0. The summed E-state index contributed by atoms with van der Waals surface area (Å²) in [7, 11) is 1.79. The number of hydrogen-bond acceptors (Lipinski definition) is 3. The molecule has 1 heterocycles. The Morgan fingerprint density at radius 2 is 2.00 bits per heavy atom. The molecular formula is C16H19N3OS. The Kier molecular flexibility index (Phi) is 5.63. The Morgan fingerprint density at radius 3 is 2.62 bits per heavy atom. The van der Waals surface area contributed by atoms with Crippen LogP contribution in [0.25, 0.3) is 0 Å². The third-order valence-electron chi connectivity index (χ3n) is 3.09. The Labute approximate surface area is 129 Å². The molecule has 1 aromatic heterocycles. The summed E-state index contributed by atoms with van der Waals surface area (Å²) in [4.78, 5) is 19.0. The maximum atomic E-state index is 12.0. The first-order valence-electron chi connectivity index (χ1n) is 6.70. The molecule has 4 nitrogen and oxygen atoms in total. The number of thioether (sulfide) groups is 1. The van der Waals surface area contributed by atoms with Gasteiger partial charge < -0.3 is 10.2 Å². The van der Waals surface area contributed by atoms with Gasteiger partial charge in [0.15, 0.2) is 0 Å². The van der Waals surface area contributed by atoms with Crippen LogP contribution in [-0.4, -0.2) is 29.2 Å². The molecule has 0 atom stereocenters.